The third-order valence-corrected chi connectivity index (χ3v) is 3.77. The van der Waals surface area contributed by atoms with E-state index in [0.717, 1.165) is 30.8 Å². The number of hydrogen-bond donors (Lipinski definition) is 1. The fourth-order valence-electron chi connectivity index (χ4n) is 2.70. The molecule has 0 radical (unpaired) electrons. The van der Waals surface area contributed by atoms with E-state index >= 15 is 0 Å². The first-order valence-corrected chi connectivity index (χ1v) is 7.47. The Hall–Kier alpha value is -1.81. The molecular weight excluding hydrogens is 264 g/mol. The molecule has 1 aliphatic heterocycles. The Morgan fingerprint density at radius 2 is 2.10 bits per heavy atom. The van der Waals surface area contributed by atoms with Gasteiger partial charge in [0.15, 0.2) is 0 Å². The van der Waals surface area contributed by atoms with Crippen LogP contribution in [0.15, 0.2) is 30.3 Å². The summed E-state index contributed by atoms with van der Waals surface area (Å²) in [5.74, 6) is 0.897. The quantitative estimate of drug-likeness (QED) is 0.845. The lowest BCUT2D eigenvalue weighted by molar-refractivity contribution is -0.129. The van der Waals surface area contributed by atoms with Crippen LogP contribution in [0.4, 0.5) is 0 Å². The molecule has 0 bridgehead atoms. The van der Waals surface area contributed by atoms with Crippen molar-refractivity contribution in [2.75, 3.05) is 20.2 Å². The Morgan fingerprint density at radius 3 is 2.62 bits per heavy atom. The van der Waals surface area contributed by atoms with Gasteiger partial charge in [0.05, 0.1) is 7.11 Å². The number of nitrogens with zero attached hydrogens (tertiary/aromatic N) is 1. The predicted molar refractivity (Wildman–Crippen MR) is 85.3 cm³/mol. The van der Waals surface area contributed by atoms with E-state index in [1.54, 1.807) is 13.2 Å². The molecule has 4 heteroatoms. The Labute approximate surface area is 126 Å². The zero-order valence-corrected chi connectivity index (χ0v) is 13.0. The van der Waals surface area contributed by atoms with Gasteiger partial charge < -0.3 is 15.0 Å². The SMILES string of the molecule is COc1ccc(/C=C/C(=O)N(C(C)C)C2CCNC2)cc1. The minimum atomic E-state index is 0.0783. The summed E-state index contributed by atoms with van der Waals surface area (Å²) in [6.45, 7) is 6.01. The van der Waals surface area contributed by atoms with Gasteiger partial charge in [0.2, 0.25) is 5.91 Å². The zero-order chi connectivity index (χ0) is 15.2. The van der Waals surface area contributed by atoms with Crippen molar-refractivity contribution in [1.29, 1.82) is 0 Å². The standard InChI is InChI=1S/C17H24N2O2/c1-13(2)19(15-10-11-18-12-15)17(20)9-6-14-4-7-16(21-3)8-5-14/h4-9,13,15,18H,10-12H2,1-3H3/b9-6+. The zero-order valence-electron chi connectivity index (χ0n) is 13.0. The Balaban J connectivity index is 2.04. The highest BCUT2D eigenvalue weighted by atomic mass is 16.5. The predicted octanol–water partition coefficient (Wildman–Crippen LogP) is 2.31. The summed E-state index contributed by atoms with van der Waals surface area (Å²) >= 11 is 0. The van der Waals surface area contributed by atoms with Gasteiger partial charge in [-0.2, -0.15) is 0 Å². The van der Waals surface area contributed by atoms with Crippen LogP contribution in [0, 0.1) is 0 Å². The van der Waals surface area contributed by atoms with Gasteiger partial charge >= 0.3 is 0 Å². The van der Waals surface area contributed by atoms with Crippen LogP contribution in [-0.2, 0) is 4.79 Å². The molecule has 1 amide bonds. The second-order valence-electron chi connectivity index (χ2n) is 5.59. The van der Waals surface area contributed by atoms with Gasteiger partial charge in [0.1, 0.15) is 5.75 Å². The minimum absolute atomic E-state index is 0.0783. The van der Waals surface area contributed by atoms with Gasteiger partial charge in [-0.15, -0.1) is 0 Å². The molecule has 1 aliphatic rings. The molecule has 1 aromatic carbocycles. The van der Waals surface area contributed by atoms with Crippen molar-refractivity contribution in [3.63, 3.8) is 0 Å². The molecule has 1 saturated heterocycles. The van der Waals surface area contributed by atoms with Gasteiger partial charge in [-0.05, 0) is 50.6 Å². The topological polar surface area (TPSA) is 41.6 Å². The average Bonchev–Trinajstić information content (AvgIpc) is 2.99. The summed E-state index contributed by atoms with van der Waals surface area (Å²) in [4.78, 5) is 14.4. The van der Waals surface area contributed by atoms with Crippen molar-refractivity contribution in [2.45, 2.75) is 32.4 Å². The molecule has 1 atom stereocenters. The van der Waals surface area contributed by atoms with E-state index in [1.807, 2.05) is 35.2 Å². The highest BCUT2D eigenvalue weighted by Crippen LogP contribution is 2.15. The maximum atomic E-state index is 12.5. The maximum Gasteiger partial charge on any atom is 0.247 e. The van der Waals surface area contributed by atoms with E-state index in [2.05, 4.69) is 19.2 Å². The molecule has 0 aliphatic carbocycles. The number of rotatable bonds is 5. The van der Waals surface area contributed by atoms with Gasteiger partial charge in [-0.25, -0.2) is 0 Å². The molecule has 1 aromatic rings. The summed E-state index contributed by atoms with van der Waals surface area (Å²) in [6, 6.07) is 8.19. The normalized spacial score (nSPS) is 18.4. The highest BCUT2D eigenvalue weighted by Gasteiger charge is 2.27. The van der Waals surface area contributed by atoms with Crippen LogP contribution < -0.4 is 10.1 Å². The lowest BCUT2D eigenvalue weighted by Crippen LogP contribution is -2.45. The van der Waals surface area contributed by atoms with Gasteiger partial charge in [-0.1, -0.05) is 12.1 Å². The second-order valence-corrected chi connectivity index (χ2v) is 5.59. The van der Waals surface area contributed by atoms with Crippen LogP contribution in [-0.4, -0.2) is 43.1 Å². The van der Waals surface area contributed by atoms with Crippen molar-refractivity contribution >= 4 is 12.0 Å². The number of benzene rings is 1. The summed E-state index contributed by atoms with van der Waals surface area (Å²) in [5, 5.41) is 3.32. The molecule has 0 saturated carbocycles. The monoisotopic (exact) mass is 288 g/mol. The second kappa shape index (κ2) is 7.27. The van der Waals surface area contributed by atoms with Crippen LogP contribution >= 0.6 is 0 Å². The van der Waals surface area contributed by atoms with Gasteiger partial charge in [-0.3, -0.25) is 4.79 Å². The van der Waals surface area contributed by atoms with Crippen molar-refractivity contribution < 1.29 is 9.53 Å². The summed E-state index contributed by atoms with van der Waals surface area (Å²) < 4.78 is 5.13. The number of hydrogen-bond acceptors (Lipinski definition) is 3. The summed E-state index contributed by atoms with van der Waals surface area (Å²) in [6.07, 6.45) is 4.56. The first kappa shape index (κ1) is 15.6. The van der Waals surface area contributed by atoms with Crippen LogP contribution in [0.3, 0.4) is 0 Å². The summed E-state index contributed by atoms with van der Waals surface area (Å²) in [7, 11) is 1.64. The molecule has 4 nitrogen and oxygen atoms in total. The number of nitrogens with one attached hydrogen (secondary N) is 1. The molecule has 1 heterocycles. The molecule has 114 valence electrons. The van der Waals surface area contributed by atoms with E-state index < -0.39 is 0 Å². The minimum Gasteiger partial charge on any atom is -0.497 e. The molecule has 0 spiro atoms. The van der Waals surface area contributed by atoms with Crippen molar-refractivity contribution in [2.24, 2.45) is 0 Å². The fourth-order valence-corrected chi connectivity index (χ4v) is 2.70. The Bertz CT molecular complexity index is 488. The summed E-state index contributed by atoms with van der Waals surface area (Å²) in [5.41, 5.74) is 0.998. The number of methoxy groups -OCH3 is 1. The molecule has 1 unspecified atom stereocenters. The fraction of sp³-hybridized carbons (Fsp3) is 0.471. The van der Waals surface area contributed by atoms with E-state index in [9.17, 15) is 4.79 Å². The smallest absolute Gasteiger partial charge is 0.247 e. The van der Waals surface area contributed by atoms with Crippen LogP contribution in [0.25, 0.3) is 6.08 Å². The third kappa shape index (κ3) is 4.08. The van der Waals surface area contributed by atoms with E-state index in [1.165, 1.54) is 0 Å². The number of carbonyl (C=O) groups excluding carboxylic acids is 1. The molecule has 21 heavy (non-hydrogen) atoms. The first-order chi connectivity index (χ1) is 10.1. The molecule has 0 aromatic heterocycles. The van der Waals surface area contributed by atoms with Crippen molar-refractivity contribution in [3.05, 3.63) is 35.9 Å². The lowest BCUT2D eigenvalue weighted by Gasteiger charge is -2.31. The number of carbonyl (C=O) groups is 1. The third-order valence-electron chi connectivity index (χ3n) is 3.77. The van der Waals surface area contributed by atoms with Gasteiger partial charge in [0.25, 0.3) is 0 Å². The average molecular weight is 288 g/mol. The van der Waals surface area contributed by atoms with Crippen LogP contribution in [0.2, 0.25) is 0 Å². The van der Waals surface area contributed by atoms with Crippen molar-refractivity contribution in [3.8, 4) is 5.75 Å². The molecule has 2 rings (SSSR count). The van der Waals surface area contributed by atoms with Crippen molar-refractivity contribution in [1.82, 2.24) is 10.2 Å². The molecule has 1 N–H and O–H groups in total. The van der Waals surface area contributed by atoms with E-state index in [4.69, 9.17) is 4.74 Å². The first-order valence-electron chi connectivity index (χ1n) is 7.47. The largest absolute Gasteiger partial charge is 0.497 e. The number of ether oxygens (including phenoxy) is 1. The van der Waals surface area contributed by atoms with E-state index in [-0.39, 0.29) is 11.9 Å². The lowest BCUT2D eigenvalue weighted by atomic mass is 10.1. The van der Waals surface area contributed by atoms with E-state index in [0.29, 0.717) is 6.04 Å². The number of amides is 1. The van der Waals surface area contributed by atoms with Gasteiger partial charge in [0, 0.05) is 24.7 Å². The maximum absolute atomic E-state index is 12.5. The van der Waals surface area contributed by atoms with Crippen LogP contribution in [0.5, 0.6) is 5.75 Å². The highest BCUT2D eigenvalue weighted by molar-refractivity contribution is 5.92. The Kier molecular flexibility index (Phi) is 5.39. The Morgan fingerprint density at radius 1 is 1.38 bits per heavy atom. The molecular formula is C17H24N2O2. The molecule has 1 fully saturated rings. The van der Waals surface area contributed by atoms with Crippen LogP contribution in [0.1, 0.15) is 25.8 Å².